The number of nitrogens with zero attached hydrogens (tertiary/aromatic N) is 1. The second-order valence-electron chi connectivity index (χ2n) is 3.91. The molecule has 1 aromatic carbocycles. The van der Waals surface area contributed by atoms with E-state index in [9.17, 15) is 14.0 Å². The molecule has 0 spiro atoms. The van der Waals surface area contributed by atoms with Crippen molar-refractivity contribution < 1.29 is 23.5 Å². The van der Waals surface area contributed by atoms with Gasteiger partial charge in [-0.15, -0.1) is 0 Å². The monoisotopic (exact) mass is 292 g/mol. The van der Waals surface area contributed by atoms with Gasteiger partial charge >= 0.3 is 11.9 Å². The first-order chi connectivity index (χ1) is 9.94. The number of hydrogen-bond acceptors (Lipinski definition) is 6. The molecule has 0 radical (unpaired) electrons. The molecule has 110 valence electrons. The normalized spacial score (nSPS) is 10.5. The number of carbonyl (C=O) groups excluding carboxylic acids is 2. The summed E-state index contributed by atoms with van der Waals surface area (Å²) in [5.74, 6) is -2.36. The maximum Gasteiger partial charge on any atom is 0.354 e. The molecule has 0 unspecified atom stereocenters. The fourth-order valence-electron chi connectivity index (χ4n) is 1.48. The number of ether oxygens (including phenoxy) is 2. The first-order valence-corrected chi connectivity index (χ1v) is 5.78. The molecule has 21 heavy (non-hydrogen) atoms. The Morgan fingerprint density at radius 3 is 2.52 bits per heavy atom. The first kappa shape index (κ1) is 16.2. The average Bonchev–Trinajstić information content (AvgIpc) is 2.50. The highest BCUT2D eigenvalue weighted by molar-refractivity contribution is 5.98. The summed E-state index contributed by atoms with van der Waals surface area (Å²) in [6.07, 6.45) is 0.846. The van der Waals surface area contributed by atoms with E-state index in [0.717, 1.165) is 20.3 Å². The second kappa shape index (κ2) is 7.05. The Morgan fingerprint density at radius 2 is 2.00 bits per heavy atom. The molecule has 0 atom stereocenters. The Kier molecular flexibility index (Phi) is 5.43. The number of esters is 2. The fourth-order valence-corrected chi connectivity index (χ4v) is 1.48. The highest BCUT2D eigenvalue weighted by Gasteiger charge is 2.16. The number of halogens is 1. The zero-order valence-corrected chi connectivity index (χ0v) is 11.7. The number of methoxy groups -OCH3 is 2. The Morgan fingerprint density at radius 1 is 1.33 bits per heavy atom. The van der Waals surface area contributed by atoms with Crippen LogP contribution in [-0.2, 0) is 19.1 Å². The predicted molar refractivity (Wildman–Crippen MR) is 71.6 cm³/mol. The van der Waals surface area contributed by atoms with Gasteiger partial charge in [0.2, 0.25) is 0 Å². The maximum absolute atomic E-state index is 14.1. The van der Waals surface area contributed by atoms with Crippen LogP contribution < -0.4 is 5.32 Å². The summed E-state index contributed by atoms with van der Waals surface area (Å²) < 4.78 is 23.0. The molecule has 0 aliphatic heterocycles. The molecule has 7 heteroatoms. The molecular formula is C14H13FN2O4. The molecule has 1 N–H and O–H groups in total. The van der Waals surface area contributed by atoms with Gasteiger partial charge in [-0.25, -0.2) is 14.0 Å². The third-order valence-corrected chi connectivity index (χ3v) is 2.64. The van der Waals surface area contributed by atoms with E-state index in [1.807, 2.05) is 6.07 Å². The molecular weight excluding hydrogens is 279 g/mol. The molecule has 0 aliphatic rings. The second-order valence-corrected chi connectivity index (χ2v) is 3.91. The quantitative estimate of drug-likeness (QED) is 0.670. The highest BCUT2D eigenvalue weighted by Crippen LogP contribution is 2.22. The minimum Gasteiger partial charge on any atom is -0.466 e. The molecule has 0 saturated heterocycles. The molecule has 0 fully saturated rings. The number of benzene rings is 1. The van der Waals surface area contributed by atoms with Crippen molar-refractivity contribution in [2.75, 3.05) is 19.5 Å². The molecule has 0 aliphatic carbocycles. The van der Waals surface area contributed by atoms with E-state index in [1.165, 1.54) is 19.1 Å². The molecule has 0 aromatic heterocycles. The van der Waals surface area contributed by atoms with E-state index in [-0.39, 0.29) is 22.5 Å². The van der Waals surface area contributed by atoms with Crippen molar-refractivity contribution in [3.05, 3.63) is 40.8 Å². The summed E-state index contributed by atoms with van der Waals surface area (Å²) in [4.78, 5) is 22.8. The summed E-state index contributed by atoms with van der Waals surface area (Å²) in [6.45, 7) is 1.43. The summed E-state index contributed by atoms with van der Waals surface area (Å²) in [6, 6.07) is 4.53. The lowest BCUT2D eigenvalue weighted by Crippen LogP contribution is -2.16. The number of anilines is 1. The number of nitrogens with one attached hydrogen (secondary N) is 1. The Hall–Kier alpha value is -2.88. The van der Waals surface area contributed by atoms with Crippen molar-refractivity contribution in [3.63, 3.8) is 0 Å². The van der Waals surface area contributed by atoms with Gasteiger partial charge in [-0.1, -0.05) is 0 Å². The van der Waals surface area contributed by atoms with Gasteiger partial charge < -0.3 is 14.8 Å². The molecule has 0 heterocycles. The van der Waals surface area contributed by atoms with Gasteiger partial charge in [-0.05, 0) is 19.1 Å². The predicted octanol–water partition coefficient (Wildman–Crippen LogP) is 1.65. The van der Waals surface area contributed by atoms with E-state index in [0.29, 0.717) is 0 Å². The van der Waals surface area contributed by atoms with Crippen LogP contribution in [0.3, 0.4) is 0 Å². The van der Waals surface area contributed by atoms with E-state index < -0.39 is 17.8 Å². The van der Waals surface area contributed by atoms with Crippen LogP contribution in [0.1, 0.15) is 11.1 Å². The van der Waals surface area contributed by atoms with Gasteiger partial charge in [-0.2, -0.15) is 5.26 Å². The van der Waals surface area contributed by atoms with Gasteiger partial charge in [-0.3, -0.25) is 0 Å². The fraction of sp³-hybridized carbons (Fsp3) is 0.214. The van der Waals surface area contributed by atoms with Crippen LogP contribution in [0.15, 0.2) is 23.9 Å². The standard InChI is InChI=1S/C14H13FN2O4/c1-8-9(7-16)4-5-10(13(8)15)17-11(14(19)21-3)6-12(18)20-2/h4-6,17H,1-3H3/b11-6+. The SMILES string of the molecule is COC(=O)/C=C(/Nc1ccc(C#N)c(C)c1F)C(=O)OC. The van der Waals surface area contributed by atoms with Crippen LogP contribution in [0.2, 0.25) is 0 Å². The van der Waals surface area contributed by atoms with Gasteiger partial charge in [0.25, 0.3) is 0 Å². The molecule has 1 rings (SSSR count). The van der Waals surface area contributed by atoms with E-state index in [1.54, 1.807) is 0 Å². The van der Waals surface area contributed by atoms with Crippen LogP contribution in [-0.4, -0.2) is 26.2 Å². The third-order valence-electron chi connectivity index (χ3n) is 2.64. The van der Waals surface area contributed by atoms with Crippen LogP contribution >= 0.6 is 0 Å². The van der Waals surface area contributed by atoms with Crippen molar-refractivity contribution >= 4 is 17.6 Å². The van der Waals surface area contributed by atoms with Gasteiger partial charge in [0, 0.05) is 5.56 Å². The lowest BCUT2D eigenvalue weighted by molar-refractivity contribution is -0.138. The Bertz CT molecular complexity index is 647. The first-order valence-electron chi connectivity index (χ1n) is 5.78. The summed E-state index contributed by atoms with van der Waals surface area (Å²) in [7, 11) is 2.26. The smallest absolute Gasteiger partial charge is 0.354 e. The van der Waals surface area contributed by atoms with Crippen molar-refractivity contribution in [1.29, 1.82) is 5.26 Å². The number of carbonyl (C=O) groups is 2. The molecule has 0 amide bonds. The van der Waals surface area contributed by atoms with Crippen molar-refractivity contribution in [3.8, 4) is 6.07 Å². The largest absolute Gasteiger partial charge is 0.466 e. The lowest BCUT2D eigenvalue weighted by Gasteiger charge is -2.11. The molecule has 6 nitrogen and oxygen atoms in total. The summed E-state index contributed by atoms with van der Waals surface area (Å²) in [5.41, 5.74) is -0.0428. The average molecular weight is 292 g/mol. The highest BCUT2D eigenvalue weighted by atomic mass is 19.1. The van der Waals surface area contributed by atoms with Crippen LogP contribution in [0.4, 0.5) is 10.1 Å². The van der Waals surface area contributed by atoms with E-state index in [4.69, 9.17) is 5.26 Å². The van der Waals surface area contributed by atoms with Crippen molar-refractivity contribution in [1.82, 2.24) is 0 Å². The number of rotatable bonds is 4. The molecule has 1 aromatic rings. The van der Waals surface area contributed by atoms with Crippen molar-refractivity contribution in [2.24, 2.45) is 0 Å². The van der Waals surface area contributed by atoms with Gasteiger partial charge in [0.1, 0.15) is 5.70 Å². The summed E-state index contributed by atoms with van der Waals surface area (Å²) in [5, 5.41) is 11.3. The Labute approximate surface area is 120 Å². The maximum atomic E-state index is 14.1. The number of nitriles is 1. The van der Waals surface area contributed by atoms with Gasteiger partial charge in [0.15, 0.2) is 5.82 Å². The number of hydrogen-bond donors (Lipinski definition) is 1. The summed E-state index contributed by atoms with van der Waals surface area (Å²) >= 11 is 0. The lowest BCUT2D eigenvalue weighted by atomic mass is 10.1. The topological polar surface area (TPSA) is 88.4 Å². The zero-order valence-electron chi connectivity index (χ0n) is 11.7. The van der Waals surface area contributed by atoms with Crippen LogP contribution in [0.25, 0.3) is 0 Å². The van der Waals surface area contributed by atoms with Crippen LogP contribution in [0.5, 0.6) is 0 Å². The van der Waals surface area contributed by atoms with Gasteiger partial charge in [0.05, 0.1) is 37.6 Å². The van der Waals surface area contributed by atoms with E-state index >= 15 is 0 Å². The Balaban J connectivity index is 3.20. The minimum absolute atomic E-state index is 0.0629. The zero-order chi connectivity index (χ0) is 16.0. The van der Waals surface area contributed by atoms with Crippen molar-refractivity contribution in [2.45, 2.75) is 6.92 Å². The van der Waals surface area contributed by atoms with Crippen LogP contribution in [0, 0.1) is 24.1 Å². The molecule has 0 bridgehead atoms. The minimum atomic E-state index is -0.859. The molecule has 0 saturated carbocycles. The third kappa shape index (κ3) is 3.79. The van der Waals surface area contributed by atoms with E-state index in [2.05, 4.69) is 14.8 Å².